The van der Waals surface area contributed by atoms with Gasteiger partial charge in [-0.25, -0.2) is 9.67 Å². The SMILES string of the molecule is COCCNC(=O)C(C)NCc1ncnn1C(C)C. The standard InChI is InChI=1S/C12H23N5O2/c1-9(2)17-11(15-8-16-17)7-14-10(3)12(18)13-5-6-19-4/h8-10,14H,5-7H2,1-4H3,(H,13,18). The maximum atomic E-state index is 11.7. The quantitative estimate of drug-likeness (QED) is 0.654. The van der Waals surface area contributed by atoms with E-state index >= 15 is 0 Å². The molecule has 0 aliphatic rings. The molecule has 1 atom stereocenters. The molecule has 0 radical (unpaired) electrons. The Morgan fingerprint density at radius 3 is 2.84 bits per heavy atom. The van der Waals surface area contributed by atoms with E-state index in [1.165, 1.54) is 6.33 Å². The zero-order valence-electron chi connectivity index (χ0n) is 12.0. The summed E-state index contributed by atoms with van der Waals surface area (Å²) >= 11 is 0. The van der Waals surface area contributed by atoms with Gasteiger partial charge in [0.2, 0.25) is 5.91 Å². The molecule has 108 valence electrons. The number of nitrogens with zero attached hydrogens (tertiary/aromatic N) is 3. The molecule has 1 unspecified atom stereocenters. The van der Waals surface area contributed by atoms with Gasteiger partial charge in [-0.1, -0.05) is 0 Å². The van der Waals surface area contributed by atoms with Crippen molar-refractivity contribution in [3.8, 4) is 0 Å². The van der Waals surface area contributed by atoms with Gasteiger partial charge in [-0.05, 0) is 20.8 Å². The molecule has 0 spiro atoms. The number of hydrogen-bond donors (Lipinski definition) is 2. The number of carbonyl (C=O) groups is 1. The predicted molar refractivity (Wildman–Crippen MR) is 71.6 cm³/mol. The lowest BCUT2D eigenvalue weighted by molar-refractivity contribution is -0.123. The maximum Gasteiger partial charge on any atom is 0.236 e. The summed E-state index contributed by atoms with van der Waals surface area (Å²) in [5.74, 6) is 0.777. The number of aromatic nitrogens is 3. The van der Waals surface area contributed by atoms with E-state index in [1.807, 2.05) is 25.5 Å². The summed E-state index contributed by atoms with van der Waals surface area (Å²) in [5, 5.41) is 10.1. The average molecular weight is 269 g/mol. The first-order chi connectivity index (χ1) is 9.06. The molecular weight excluding hydrogens is 246 g/mol. The van der Waals surface area contributed by atoms with Crippen molar-refractivity contribution < 1.29 is 9.53 Å². The zero-order valence-corrected chi connectivity index (χ0v) is 12.0. The molecule has 0 aliphatic heterocycles. The molecule has 1 aromatic rings. The van der Waals surface area contributed by atoms with Gasteiger partial charge in [0, 0.05) is 19.7 Å². The minimum Gasteiger partial charge on any atom is -0.383 e. The van der Waals surface area contributed by atoms with Crippen molar-refractivity contribution in [1.82, 2.24) is 25.4 Å². The van der Waals surface area contributed by atoms with E-state index in [2.05, 4.69) is 20.7 Å². The van der Waals surface area contributed by atoms with E-state index in [0.717, 1.165) is 5.82 Å². The summed E-state index contributed by atoms with van der Waals surface area (Å²) in [4.78, 5) is 15.9. The highest BCUT2D eigenvalue weighted by atomic mass is 16.5. The number of methoxy groups -OCH3 is 1. The number of nitrogens with one attached hydrogen (secondary N) is 2. The zero-order chi connectivity index (χ0) is 14.3. The van der Waals surface area contributed by atoms with Crippen LogP contribution < -0.4 is 10.6 Å². The van der Waals surface area contributed by atoms with Gasteiger partial charge in [0.15, 0.2) is 0 Å². The van der Waals surface area contributed by atoms with Crippen LogP contribution in [0, 0.1) is 0 Å². The Kier molecular flexibility index (Phi) is 6.44. The minimum atomic E-state index is -0.283. The molecule has 0 aromatic carbocycles. The van der Waals surface area contributed by atoms with E-state index in [9.17, 15) is 4.79 Å². The molecule has 2 N–H and O–H groups in total. The van der Waals surface area contributed by atoms with Gasteiger partial charge in [0.05, 0.1) is 19.2 Å². The van der Waals surface area contributed by atoms with Gasteiger partial charge in [0.25, 0.3) is 0 Å². The minimum absolute atomic E-state index is 0.0485. The first-order valence-electron chi connectivity index (χ1n) is 6.44. The topological polar surface area (TPSA) is 81.1 Å². The lowest BCUT2D eigenvalue weighted by Crippen LogP contribution is -2.43. The van der Waals surface area contributed by atoms with Crippen LogP contribution in [0.25, 0.3) is 0 Å². The molecule has 19 heavy (non-hydrogen) atoms. The molecule has 1 rings (SSSR count). The van der Waals surface area contributed by atoms with Crippen LogP contribution >= 0.6 is 0 Å². The van der Waals surface area contributed by atoms with Crippen LogP contribution in [0.5, 0.6) is 0 Å². The highest BCUT2D eigenvalue weighted by Crippen LogP contribution is 2.04. The third kappa shape index (κ3) is 4.96. The highest BCUT2D eigenvalue weighted by Gasteiger charge is 2.13. The number of ether oxygens (including phenoxy) is 1. The lowest BCUT2D eigenvalue weighted by Gasteiger charge is -2.15. The molecule has 0 fully saturated rings. The van der Waals surface area contributed by atoms with Crippen LogP contribution in [0.4, 0.5) is 0 Å². The first-order valence-corrected chi connectivity index (χ1v) is 6.44. The molecule has 1 heterocycles. The van der Waals surface area contributed by atoms with Crippen molar-refractivity contribution in [2.24, 2.45) is 0 Å². The van der Waals surface area contributed by atoms with Crippen molar-refractivity contribution in [1.29, 1.82) is 0 Å². The van der Waals surface area contributed by atoms with Crippen molar-refractivity contribution in [2.75, 3.05) is 20.3 Å². The second-order valence-corrected chi connectivity index (χ2v) is 4.60. The highest BCUT2D eigenvalue weighted by molar-refractivity contribution is 5.81. The second kappa shape index (κ2) is 7.85. The van der Waals surface area contributed by atoms with Gasteiger partial charge in [-0.2, -0.15) is 5.10 Å². The van der Waals surface area contributed by atoms with Gasteiger partial charge in [0.1, 0.15) is 12.2 Å². The summed E-state index contributed by atoms with van der Waals surface area (Å²) in [5.41, 5.74) is 0. The van der Waals surface area contributed by atoms with E-state index in [1.54, 1.807) is 7.11 Å². The van der Waals surface area contributed by atoms with E-state index in [0.29, 0.717) is 19.7 Å². The number of carbonyl (C=O) groups excluding carboxylic acids is 1. The van der Waals surface area contributed by atoms with E-state index < -0.39 is 0 Å². The summed E-state index contributed by atoms with van der Waals surface area (Å²) in [6.07, 6.45) is 1.53. The predicted octanol–water partition coefficient (Wildman–Crippen LogP) is 0.0997. The molecule has 0 aliphatic carbocycles. The molecule has 0 saturated heterocycles. The van der Waals surface area contributed by atoms with Crippen molar-refractivity contribution in [2.45, 2.75) is 39.4 Å². The Morgan fingerprint density at radius 1 is 1.47 bits per heavy atom. The lowest BCUT2D eigenvalue weighted by atomic mass is 10.3. The van der Waals surface area contributed by atoms with Gasteiger partial charge < -0.3 is 10.1 Å². The third-order valence-corrected chi connectivity index (χ3v) is 2.70. The van der Waals surface area contributed by atoms with Crippen molar-refractivity contribution in [3.63, 3.8) is 0 Å². The fourth-order valence-corrected chi connectivity index (χ4v) is 1.60. The number of hydrogen-bond acceptors (Lipinski definition) is 5. The molecule has 7 heteroatoms. The van der Waals surface area contributed by atoms with Crippen LogP contribution in [0.3, 0.4) is 0 Å². The van der Waals surface area contributed by atoms with Crippen LogP contribution in [0.2, 0.25) is 0 Å². The number of rotatable bonds is 8. The Bertz CT molecular complexity index is 391. The van der Waals surface area contributed by atoms with Crippen molar-refractivity contribution in [3.05, 3.63) is 12.2 Å². The second-order valence-electron chi connectivity index (χ2n) is 4.60. The largest absolute Gasteiger partial charge is 0.383 e. The Labute approximate surface area is 113 Å². The molecule has 0 bridgehead atoms. The molecular formula is C12H23N5O2. The average Bonchev–Trinajstić information content (AvgIpc) is 2.84. The van der Waals surface area contributed by atoms with Crippen LogP contribution in [0.1, 0.15) is 32.6 Å². The Balaban J connectivity index is 2.38. The van der Waals surface area contributed by atoms with Crippen LogP contribution in [-0.2, 0) is 16.1 Å². The summed E-state index contributed by atoms with van der Waals surface area (Å²) in [6, 6.07) is -0.0284. The molecule has 0 saturated carbocycles. The number of amides is 1. The van der Waals surface area contributed by atoms with Gasteiger partial charge >= 0.3 is 0 Å². The van der Waals surface area contributed by atoms with Gasteiger partial charge in [-0.3, -0.25) is 10.1 Å². The van der Waals surface area contributed by atoms with Gasteiger partial charge in [-0.15, -0.1) is 0 Å². The third-order valence-electron chi connectivity index (χ3n) is 2.70. The normalized spacial score (nSPS) is 12.7. The van der Waals surface area contributed by atoms with E-state index in [4.69, 9.17) is 4.74 Å². The first kappa shape index (κ1) is 15.6. The monoisotopic (exact) mass is 269 g/mol. The fourth-order valence-electron chi connectivity index (χ4n) is 1.60. The summed E-state index contributed by atoms with van der Waals surface area (Å²) in [7, 11) is 1.60. The Hall–Kier alpha value is -1.47. The fraction of sp³-hybridized carbons (Fsp3) is 0.750. The van der Waals surface area contributed by atoms with E-state index in [-0.39, 0.29) is 18.0 Å². The van der Waals surface area contributed by atoms with Crippen LogP contribution in [0.15, 0.2) is 6.33 Å². The van der Waals surface area contributed by atoms with Crippen LogP contribution in [-0.4, -0.2) is 47.0 Å². The molecule has 1 amide bonds. The Morgan fingerprint density at radius 2 is 2.21 bits per heavy atom. The smallest absolute Gasteiger partial charge is 0.236 e. The molecule has 1 aromatic heterocycles. The maximum absolute atomic E-state index is 11.7. The summed E-state index contributed by atoms with van der Waals surface area (Å²) in [6.45, 7) is 7.44. The van der Waals surface area contributed by atoms with Crippen molar-refractivity contribution >= 4 is 5.91 Å². The molecule has 7 nitrogen and oxygen atoms in total. The summed E-state index contributed by atoms with van der Waals surface area (Å²) < 4.78 is 6.71.